The molecule has 0 aliphatic carbocycles. The van der Waals surface area contributed by atoms with Gasteiger partial charge in [-0.3, -0.25) is 19.7 Å². The van der Waals surface area contributed by atoms with Crippen molar-refractivity contribution in [1.82, 2.24) is 20.1 Å². The van der Waals surface area contributed by atoms with Gasteiger partial charge in [-0.2, -0.15) is 5.10 Å². The summed E-state index contributed by atoms with van der Waals surface area (Å²) in [6, 6.07) is 16.1. The highest BCUT2D eigenvalue weighted by Gasteiger charge is 2.44. The van der Waals surface area contributed by atoms with Gasteiger partial charge in [-0.05, 0) is 41.5 Å². The standard InChI is InChI=1S/C25H23N5O3/c1-33-12-11-30-23(16-5-4-10-26-14-16)22(19-6-2-3-7-20(19)25(30)32)24(31)28-18-8-9-21-17(13-18)15-27-29-21/h2-10,13-15,22-23H,11-12H2,1H3,(H,27,29)(H,28,31)/t22-,23-/m0/s1. The number of aromatic amines is 1. The SMILES string of the molecule is COCCN1C(=O)c2ccccc2[C@H](C(=O)Nc2ccc3[nH]ncc3c2)[C@@H]1c1cccnc1. The van der Waals surface area contributed by atoms with Crippen LogP contribution in [0.15, 0.2) is 73.2 Å². The number of nitrogens with zero attached hydrogens (tertiary/aromatic N) is 3. The van der Waals surface area contributed by atoms with Crippen LogP contribution in [0.3, 0.4) is 0 Å². The number of aromatic nitrogens is 3. The summed E-state index contributed by atoms with van der Waals surface area (Å²) in [7, 11) is 1.59. The molecule has 1 aliphatic rings. The van der Waals surface area contributed by atoms with Crippen LogP contribution in [-0.2, 0) is 9.53 Å². The van der Waals surface area contributed by atoms with Crippen molar-refractivity contribution in [2.24, 2.45) is 0 Å². The van der Waals surface area contributed by atoms with Crippen LogP contribution < -0.4 is 5.32 Å². The molecule has 0 fully saturated rings. The summed E-state index contributed by atoms with van der Waals surface area (Å²) < 4.78 is 5.27. The fourth-order valence-corrected chi connectivity index (χ4v) is 4.47. The molecule has 0 radical (unpaired) electrons. The van der Waals surface area contributed by atoms with E-state index in [2.05, 4.69) is 20.5 Å². The van der Waals surface area contributed by atoms with E-state index in [1.54, 1.807) is 36.7 Å². The average molecular weight is 441 g/mol. The molecular formula is C25H23N5O3. The van der Waals surface area contributed by atoms with E-state index in [4.69, 9.17) is 4.74 Å². The third-order valence-electron chi connectivity index (χ3n) is 5.99. The first kappa shape index (κ1) is 20.8. The van der Waals surface area contributed by atoms with E-state index in [-0.39, 0.29) is 11.8 Å². The number of methoxy groups -OCH3 is 1. The number of benzene rings is 2. The minimum atomic E-state index is -0.625. The highest BCUT2D eigenvalue weighted by Crippen LogP contribution is 2.43. The van der Waals surface area contributed by atoms with Gasteiger partial charge < -0.3 is 15.0 Å². The summed E-state index contributed by atoms with van der Waals surface area (Å²) in [6.07, 6.45) is 5.10. The largest absolute Gasteiger partial charge is 0.383 e. The number of nitrogens with one attached hydrogen (secondary N) is 2. The second kappa shape index (κ2) is 8.84. The summed E-state index contributed by atoms with van der Waals surface area (Å²) in [6.45, 7) is 0.712. The van der Waals surface area contributed by atoms with Crippen LogP contribution in [0.2, 0.25) is 0 Å². The zero-order valence-corrected chi connectivity index (χ0v) is 18.1. The van der Waals surface area contributed by atoms with Crippen molar-refractivity contribution in [3.8, 4) is 0 Å². The molecule has 4 aromatic rings. The number of fused-ring (bicyclic) bond motifs is 2. The fourth-order valence-electron chi connectivity index (χ4n) is 4.47. The molecule has 3 heterocycles. The molecule has 2 aromatic carbocycles. The lowest BCUT2D eigenvalue weighted by Crippen LogP contribution is -2.47. The maximum atomic E-state index is 13.8. The Morgan fingerprint density at radius 2 is 2.03 bits per heavy atom. The molecule has 0 bridgehead atoms. The summed E-state index contributed by atoms with van der Waals surface area (Å²) in [4.78, 5) is 33.2. The molecule has 5 rings (SSSR count). The second-order valence-electron chi connectivity index (χ2n) is 7.95. The van der Waals surface area contributed by atoms with Gasteiger partial charge in [-0.25, -0.2) is 0 Å². The summed E-state index contributed by atoms with van der Waals surface area (Å²) in [5, 5.41) is 10.9. The number of hydrogen-bond donors (Lipinski definition) is 2. The molecule has 0 saturated carbocycles. The Labute approximate surface area is 190 Å². The normalized spacial score (nSPS) is 17.7. The number of carbonyl (C=O) groups excluding carboxylic acids is 2. The van der Waals surface area contributed by atoms with Crippen LogP contribution in [0.1, 0.15) is 33.4 Å². The predicted molar refractivity (Wildman–Crippen MR) is 124 cm³/mol. The Morgan fingerprint density at radius 3 is 2.85 bits per heavy atom. The Balaban J connectivity index is 1.59. The average Bonchev–Trinajstić information content (AvgIpc) is 3.32. The number of ether oxygens (including phenoxy) is 1. The highest BCUT2D eigenvalue weighted by molar-refractivity contribution is 6.04. The Bertz CT molecular complexity index is 1300. The van der Waals surface area contributed by atoms with Gasteiger partial charge >= 0.3 is 0 Å². The highest BCUT2D eigenvalue weighted by atomic mass is 16.5. The number of pyridine rings is 1. The van der Waals surface area contributed by atoms with Crippen LogP contribution in [-0.4, -0.2) is 52.2 Å². The number of carbonyl (C=O) groups is 2. The molecule has 2 aromatic heterocycles. The van der Waals surface area contributed by atoms with Crippen molar-refractivity contribution in [3.05, 3.63) is 89.9 Å². The molecule has 2 atom stereocenters. The van der Waals surface area contributed by atoms with Crippen molar-refractivity contribution in [2.75, 3.05) is 25.6 Å². The lowest BCUT2D eigenvalue weighted by Gasteiger charge is -2.41. The molecule has 33 heavy (non-hydrogen) atoms. The summed E-state index contributed by atoms with van der Waals surface area (Å²) in [5.41, 5.74) is 3.57. The van der Waals surface area contributed by atoms with Gasteiger partial charge in [0.1, 0.15) is 0 Å². The smallest absolute Gasteiger partial charge is 0.254 e. The van der Waals surface area contributed by atoms with Crippen molar-refractivity contribution >= 4 is 28.4 Å². The van der Waals surface area contributed by atoms with Crippen molar-refractivity contribution in [3.63, 3.8) is 0 Å². The molecular weight excluding hydrogens is 418 g/mol. The van der Waals surface area contributed by atoms with Crippen molar-refractivity contribution < 1.29 is 14.3 Å². The Hall–Kier alpha value is -4.04. The van der Waals surface area contributed by atoms with Crippen molar-refractivity contribution in [1.29, 1.82) is 0 Å². The molecule has 8 nitrogen and oxygen atoms in total. The van der Waals surface area contributed by atoms with E-state index in [0.29, 0.717) is 30.0 Å². The minimum absolute atomic E-state index is 0.125. The minimum Gasteiger partial charge on any atom is -0.383 e. The van der Waals surface area contributed by atoms with Crippen LogP contribution >= 0.6 is 0 Å². The third kappa shape index (κ3) is 3.85. The van der Waals surface area contributed by atoms with Gasteiger partial charge in [0.25, 0.3) is 5.91 Å². The number of rotatable bonds is 6. The Kier molecular flexibility index (Phi) is 5.58. The molecule has 1 aliphatic heterocycles. The first-order valence-electron chi connectivity index (χ1n) is 10.7. The molecule has 166 valence electrons. The maximum Gasteiger partial charge on any atom is 0.254 e. The lowest BCUT2D eigenvalue weighted by molar-refractivity contribution is -0.119. The number of H-pyrrole nitrogens is 1. The van der Waals surface area contributed by atoms with Crippen LogP contribution in [0.25, 0.3) is 10.9 Å². The van der Waals surface area contributed by atoms with E-state index in [1.807, 2.05) is 48.5 Å². The first-order valence-corrected chi connectivity index (χ1v) is 10.7. The predicted octanol–water partition coefficient (Wildman–Crippen LogP) is 3.52. The number of anilines is 1. The Morgan fingerprint density at radius 1 is 1.15 bits per heavy atom. The van der Waals surface area contributed by atoms with Crippen LogP contribution in [0.4, 0.5) is 5.69 Å². The van der Waals surface area contributed by atoms with Crippen LogP contribution in [0, 0.1) is 0 Å². The van der Waals surface area contributed by atoms with Gasteiger partial charge in [-0.15, -0.1) is 0 Å². The van der Waals surface area contributed by atoms with Gasteiger partial charge in [0.05, 0.1) is 30.3 Å². The van der Waals surface area contributed by atoms with E-state index in [9.17, 15) is 9.59 Å². The van der Waals surface area contributed by atoms with Gasteiger partial charge in [0.15, 0.2) is 0 Å². The van der Waals surface area contributed by atoms with E-state index >= 15 is 0 Å². The molecule has 0 unspecified atom stereocenters. The van der Waals surface area contributed by atoms with E-state index < -0.39 is 12.0 Å². The first-order chi connectivity index (χ1) is 16.2. The monoisotopic (exact) mass is 441 g/mol. The zero-order chi connectivity index (χ0) is 22.8. The van der Waals surface area contributed by atoms with Gasteiger partial charge in [0, 0.05) is 42.7 Å². The van der Waals surface area contributed by atoms with Crippen LogP contribution in [0.5, 0.6) is 0 Å². The summed E-state index contributed by atoms with van der Waals surface area (Å²) >= 11 is 0. The molecule has 8 heteroatoms. The van der Waals surface area contributed by atoms with E-state index in [1.165, 1.54) is 0 Å². The zero-order valence-electron chi connectivity index (χ0n) is 18.1. The maximum absolute atomic E-state index is 13.8. The van der Waals surface area contributed by atoms with Crippen molar-refractivity contribution in [2.45, 2.75) is 12.0 Å². The van der Waals surface area contributed by atoms with Gasteiger partial charge in [0.2, 0.25) is 5.91 Å². The van der Waals surface area contributed by atoms with Gasteiger partial charge in [-0.1, -0.05) is 24.3 Å². The molecule has 0 saturated heterocycles. The third-order valence-corrected chi connectivity index (χ3v) is 5.99. The number of hydrogen-bond acceptors (Lipinski definition) is 5. The quantitative estimate of drug-likeness (QED) is 0.477. The summed E-state index contributed by atoms with van der Waals surface area (Å²) in [5.74, 6) is -0.950. The fraction of sp³-hybridized carbons (Fsp3) is 0.200. The lowest BCUT2D eigenvalue weighted by atomic mass is 9.79. The molecule has 0 spiro atoms. The molecule has 2 N–H and O–H groups in total. The topological polar surface area (TPSA) is 100 Å². The second-order valence-corrected chi connectivity index (χ2v) is 7.95. The molecule has 2 amide bonds. The number of amides is 2. The van der Waals surface area contributed by atoms with E-state index in [0.717, 1.165) is 16.5 Å².